The van der Waals surface area contributed by atoms with Crippen LogP contribution in [0.1, 0.15) is 43.7 Å². The van der Waals surface area contributed by atoms with Gasteiger partial charge in [0.15, 0.2) is 0 Å². The van der Waals surface area contributed by atoms with E-state index >= 15 is 0 Å². The Labute approximate surface area is 168 Å². The van der Waals surface area contributed by atoms with E-state index in [1.807, 2.05) is 47.9 Å². The largest absolute Gasteiger partial charge is 0.339 e. The zero-order valence-electron chi connectivity index (χ0n) is 16.4. The summed E-state index contributed by atoms with van der Waals surface area (Å²) in [5.41, 5.74) is 8.23. The van der Waals surface area contributed by atoms with Gasteiger partial charge in [-0.3, -0.25) is 9.59 Å². The Kier molecular flexibility index (Phi) is 7.29. The molecule has 6 heteroatoms. The van der Waals surface area contributed by atoms with E-state index in [2.05, 4.69) is 0 Å². The third-order valence-corrected chi connectivity index (χ3v) is 6.10. The Bertz CT molecular complexity index is 669. The van der Waals surface area contributed by atoms with E-state index in [1.165, 1.54) is 0 Å². The lowest BCUT2D eigenvalue weighted by Crippen LogP contribution is -2.57. The van der Waals surface area contributed by atoms with Crippen LogP contribution >= 0.6 is 12.4 Å². The van der Waals surface area contributed by atoms with Gasteiger partial charge in [-0.15, -0.1) is 12.4 Å². The number of aryl methyl sites for hydroxylation is 1. The summed E-state index contributed by atoms with van der Waals surface area (Å²) in [6.45, 7) is 6.51. The monoisotopic (exact) mass is 393 g/mol. The van der Waals surface area contributed by atoms with Crippen LogP contribution in [0.25, 0.3) is 0 Å². The maximum absolute atomic E-state index is 12.9. The van der Waals surface area contributed by atoms with E-state index in [9.17, 15) is 9.59 Å². The molecule has 2 N–H and O–H groups in total. The molecule has 1 heterocycles. The molecule has 1 saturated carbocycles. The maximum Gasteiger partial charge on any atom is 0.227 e. The summed E-state index contributed by atoms with van der Waals surface area (Å²) in [4.78, 5) is 29.3. The number of carbonyl (C=O) groups excluding carboxylic acids is 2. The topological polar surface area (TPSA) is 66.6 Å². The highest BCUT2D eigenvalue weighted by molar-refractivity contribution is 5.85. The van der Waals surface area contributed by atoms with Crippen molar-refractivity contribution in [3.63, 3.8) is 0 Å². The first-order valence-electron chi connectivity index (χ1n) is 9.78. The van der Waals surface area contributed by atoms with Gasteiger partial charge >= 0.3 is 0 Å². The Morgan fingerprint density at radius 3 is 2.37 bits per heavy atom. The number of hydrogen-bond donors (Lipinski definition) is 1. The van der Waals surface area contributed by atoms with E-state index in [0.717, 1.165) is 36.8 Å². The summed E-state index contributed by atoms with van der Waals surface area (Å²) in [5, 5.41) is 0. The van der Waals surface area contributed by atoms with Gasteiger partial charge < -0.3 is 15.5 Å². The minimum atomic E-state index is -0.396. The molecule has 0 radical (unpaired) electrons. The first-order chi connectivity index (χ1) is 12.4. The van der Waals surface area contributed by atoms with Crippen LogP contribution in [0.2, 0.25) is 0 Å². The van der Waals surface area contributed by atoms with Gasteiger partial charge in [0, 0.05) is 31.7 Å². The number of carbonyl (C=O) groups is 2. The van der Waals surface area contributed by atoms with Gasteiger partial charge in [-0.2, -0.15) is 0 Å². The smallest absolute Gasteiger partial charge is 0.227 e. The second-order valence-corrected chi connectivity index (χ2v) is 8.11. The average Bonchev–Trinajstić information content (AvgIpc) is 2.63. The van der Waals surface area contributed by atoms with E-state index in [1.54, 1.807) is 0 Å². The van der Waals surface area contributed by atoms with Crippen LogP contribution in [0, 0.1) is 12.8 Å². The number of amides is 2. The number of hydrogen-bond acceptors (Lipinski definition) is 3. The SMILES string of the molecule is Cc1ccccc1CC(=O)N1CCN(C(=O)C2CCCCC2(C)N)CC1.Cl. The molecular weight excluding hydrogens is 362 g/mol. The molecule has 1 aromatic carbocycles. The van der Waals surface area contributed by atoms with Crippen molar-refractivity contribution >= 4 is 24.2 Å². The fraction of sp³-hybridized carbons (Fsp3) is 0.619. The lowest BCUT2D eigenvalue weighted by Gasteiger charge is -2.42. The number of halogens is 1. The first kappa shape index (κ1) is 21.7. The minimum Gasteiger partial charge on any atom is -0.339 e. The van der Waals surface area contributed by atoms with Gasteiger partial charge in [0.2, 0.25) is 11.8 Å². The Morgan fingerprint density at radius 1 is 1.11 bits per heavy atom. The fourth-order valence-electron chi connectivity index (χ4n) is 4.24. The van der Waals surface area contributed by atoms with E-state index in [0.29, 0.717) is 32.6 Å². The maximum atomic E-state index is 12.9. The molecule has 2 amide bonds. The van der Waals surface area contributed by atoms with Gasteiger partial charge in [-0.25, -0.2) is 0 Å². The molecule has 2 atom stereocenters. The van der Waals surface area contributed by atoms with Crippen molar-refractivity contribution in [1.82, 2.24) is 9.80 Å². The molecule has 3 rings (SSSR count). The normalized spacial score (nSPS) is 25.7. The van der Waals surface area contributed by atoms with Crippen molar-refractivity contribution in [3.05, 3.63) is 35.4 Å². The van der Waals surface area contributed by atoms with Gasteiger partial charge in [-0.1, -0.05) is 37.1 Å². The van der Waals surface area contributed by atoms with Crippen molar-refractivity contribution < 1.29 is 9.59 Å². The summed E-state index contributed by atoms with van der Waals surface area (Å²) in [5.74, 6) is 0.249. The number of nitrogens with zero attached hydrogens (tertiary/aromatic N) is 2. The zero-order valence-corrected chi connectivity index (χ0v) is 17.3. The molecule has 0 bridgehead atoms. The van der Waals surface area contributed by atoms with Crippen LogP contribution < -0.4 is 5.73 Å². The highest BCUT2D eigenvalue weighted by Crippen LogP contribution is 2.33. The molecule has 2 unspecified atom stereocenters. The summed E-state index contributed by atoms with van der Waals surface area (Å²) in [6, 6.07) is 8.01. The quantitative estimate of drug-likeness (QED) is 0.858. The molecule has 5 nitrogen and oxygen atoms in total. The van der Waals surface area contributed by atoms with Crippen LogP contribution in [-0.2, 0) is 16.0 Å². The van der Waals surface area contributed by atoms with Crippen LogP contribution in [0.5, 0.6) is 0 Å². The van der Waals surface area contributed by atoms with Crippen LogP contribution in [-0.4, -0.2) is 53.3 Å². The van der Waals surface area contributed by atoms with Crippen LogP contribution in [0.3, 0.4) is 0 Å². The molecule has 0 spiro atoms. The molecule has 1 aliphatic heterocycles. The standard InChI is InChI=1S/C21H31N3O2.ClH/c1-16-7-3-4-8-17(16)15-19(25)23-11-13-24(14-12-23)20(26)18-9-5-6-10-21(18,2)22;/h3-4,7-8,18H,5-6,9-15,22H2,1-2H3;1H. The molecule has 2 fully saturated rings. The Hall–Kier alpha value is -1.59. The second kappa shape index (κ2) is 9.07. The van der Waals surface area contributed by atoms with Crippen molar-refractivity contribution in [2.45, 2.75) is 51.5 Å². The number of piperazine rings is 1. The summed E-state index contributed by atoms with van der Waals surface area (Å²) < 4.78 is 0. The molecule has 2 aliphatic rings. The molecule has 1 aromatic rings. The van der Waals surface area contributed by atoms with Crippen LogP contribution in [0.15, 0.2) is 24.3 Å². The summed E-state index contributed by atoms with van der Waals surface area (Å²) in [7, 11) is 0. The van der Waals surface area contributed by atoms with Crippen molar-refractivity contribution in [1.29, 1.82) is 0 Å². The minimum absolute atomic E-state index is 0. The van der Waals surface area contributed by atoms with Gasteiger partial charge in [0.25, 0.3) is 0 Å². The van der Waals surface area contributed by atoms with Crippen molar-refractivity contribution in [2.75, 3.05) is 26.2 Å². The molecule has 150 valence electrons. The lowest BCUT2D eigenvalue weighted by atomic mass is 9.74. The molecular formula is C21H32ClN3O2. The third-order valence-electron chi connectivity index (χ3n) is 6.10. The highest BCUT2D eigenvalue weighted by atomic mass is 35.5. The van der Waals surface area contributed by atoms with Crippen molar-refractivity contribution in [3.8, 4) is 0 Å². The van der Waals surface area contributed by atoms with E-state index in [-0.39, 0.29) is 30.1 Å². The van der Waals surface area contributed by atoms with Crippen molar-refractivity contribution in [2.24, 2.45) is 11.7 Å². The van der Waals surface area contributed by atoms with Gasteiger partial charge in [-0.05, 0) is 37.8 Å². The number of benzene rings is 1. The number of nitrogens with two attached hydrogens (primary N) is 1. The second-order valence-electron chi connectivity index (χ2n) is 8.11. The summed E-state index contributed by atoms with van der Waals surface area (Å²) >= 11 is 0. The Morgan fingerprint density at radius 2 is 1.74 bits per heavy atom. The molecule has 1 saturated heterocycles. The fourth-order valence-corrected chi connectivity index (χ4v) is 4.24. The lowest BCUT2D eigenvalue weighted by molar-refractivity contribution is -0.144. The van der Waals surface area contributed by atoms with Gasteiger partial charge in [0.1, 0.15) is 0 Å². The summed E-state index contributed by atoms with van der Waals surface area (Å²) in [6.07, 6.45) is 4.43. The van der Waals surface area contributed by atoms with Gasteiger partial charge in [0.05, 0.1) is 12.3 Å². The molecule has 0 aromatic heterocycles. The molecule has 1 aliphatic carbocycles. The highest BCUT2D eigenvalue weighted by Gasteiger charge is 2.40. The van der Waals surface area contributed by atoms with E-state index in [4.69, 9.17) is 5.73 Å². The predicted octanol–water partition coefficient (Wildman–Crippen LogP) is 2.54. The van der Waals surface area contributed by atoms with E-state index < -0.39 is 5.54 Å². The Balaban J connectivity index is 0.00000261. The zero-order chi connectivity index (χ0) is 18.7. The number of rotatable bonds is 3. The third kappa shape index (κ3) is 5.02. The molecule has 27 heavy (non-hydrogen) atoms. The first-order valence-corrected chi connectivity index (χ1v) is 9.78. The average molecular weight is 394 g/mol. The predicted molar refractivity (Wildman–Crippen MR) is 110 cm³/mol. The van der Waals surface area contributed by atoms with Crippen LogP contribution in [0.4, 0.5) is 0 Å².